The first-order valence-electron chi connectivity index (χ1n) is 41.4. The Morgan fingerprint density at radius 1 is 0.308 bits per heavy atom. The number of hydrogen-bond donors (Lipinski definition) is 3. The standard InChI is InChI=1S/C85H161NO5/c1-3-5-7-9-11-13-15-17-19-21-23-39-42-45-49-53-57-61-65-69-73-77-83(88)82(81-87)86-84(89)78-74-70-66-62-58-54-50-46-43-40-37-35-33-31-29-27-25-24-26-28-30-32-34-36-38-41-44-48-52-56-60-64-68-72-76-80-91-85(90)79-75-71-67-63-59-55-51-47-22-20-18-16-14-12-10-8-6-4-2/h20,22,26,28,32,34,73,77,82-83,87-88H,3-19,21,23-25,27,29-31,33,35-72,74-76,78-81H2,1-2H3,(H,86,89)/b22-20-,28-26-,34-32-,77-73+. The van der Waals surface area contributed by atoms with Crippen LogP contribution in [0.3, 0.4) is 0 Å². The van der Waals surface area contributed by atoms with Crippen molar-refractivity contribution < 1.29 is 24.5 Å². The van der Waals surface area contributed by atoms with Gasteiger partial charge in [0.05, 0.1) is 25.4 Å². The fraction of sp³-hybridized carbons (Fsp3) is 0.882. The molecule has 3 N–H and O–H groups in total. The van der Waals surface area contributed by atoms with Crippen LogP contribution in [-0.4, -0.2) is 47.4 Å². The molecule has 6 nitrogen and oxygen atoms in total. The Kier molecular flexibility index (Phi) is 78.3. The highest BCUT2D eigenvalue weighted by molar-refractivity contribution is 5.76. The van der Waals surface area contributed by atoms with Crippen LogP contribution in [0.5, 0.6) is 0 Å². The first-order chi connectivity index (χ1) is 45.0. The summed E-state index contributed by atoms with van der Waals surface area (Å²) >= 11 is 0. The maximum atomic E-state index is 12.5. The average Bonchev–Trinajstić information content (AvgIpc) is 3.74. The second-order valence-corrected chi connectivity index (χ2v) is 28.4. The van der Waals surface area contributed by atoms with Gasteiger partial charge in [-0.1, -0.05) is 403 Å². The summed E-state index contributed by atoms with van der Waals surface area (Å²) < 4.78 is 5.51. The summed E-state index contributed by atoms with van der Waals surface area (Å²) in [5, 5.41) is 23.3. The number of nitrogens with one attached hydrogen (secondary N) is 1. The Morgan fingerprint density at radius 3 is 0.846 bits per heavy atom. The normalized spacial score (nSPS) is 12.7. The number of esters is 1. The number of carbonyl (C=O) groups excluding carboxylic acids is 2. The van der Waals surface area contributed by atoms with E-state index in [-0.39, 0.29) is 18.5 Å². The predicted octanol–water partition coefficient (Wildman–Crippen LogP) is 27.5. The van der Waals surface area contributed by atoms with Crippen molar-refractivity contribution in [2.75, 3.05) is 13.2 Å². The lowest BCUT2D eigenvalue weighted by molar-refractivity contribution is -0.143. The van der Waals surface area contributed by atoms with Gasteiger partial charge < -0.3 is 20.3 Å². The molecular weight excluding hydrogens is 1110 g/mol. The van der Waals surface area contributed by atoms with E-state index in [1.807, 2.05) is 6.08 Å². The first kappa shape index (κ1) is 88.8. The number of rotatable bonds is 78. The number of allylic oxidation sites excluding steroid dienone is 7. The molecule has 0 saturated carbocycles. The maximum Gasteiger partial charge on any atom is 0.305 e. The summed E-state index contributed by atoms with van der Waals surface area (Å²) in [5.74, 6) is -0.0470. The van der Waals surface area contributed by atoms with Crippen molar-refractivity contribution in [1.82, 2.24) is 5.32 Å². The van der Waals surface area contributed by atoms with Gasteiger partial charge in [-0.05, 0) is 89.9 Å². The molecule has 91 heavy (non-hydrogen) atoms. The van der Waals surface area contributed by atoms with Crippen LogP contribution < -0.4 is 5.32 Å². The lowest BCUT2D eigenvalue weighted by Gasteiger charge is -2.20. The average molecular weight is 1280 g/mol. The Morgan fingerprint density at radius 2 is 0.549 bits per heavy atom. The first-order valence-corrected chi connectivity index (χ1v) is 41.4. The van der Waals surface area contributed by atoms with Crippen molar-refractivity contribution in [3.63, 3.8) is 0 Å². The van der Waals surface area contributed by atoms with E-state index in [1.54, 1.807) is 6.08 Å². The summed E-state index contributed by atoms with van der Waals surface area (Å²) in [5.41, 5.74) is 0. The van der Waals surface area contributed by atoms with Crippen LogP contribution in [0.4, 0.5) is 0 Å². The number of hydrogen-bond acceptors (Lipinski definition) is 5. The zero-order valence-electron chi connectivity index (χ0n) is 61.6. The smallest absolute Gasteiger partial charge is 0.305 e. The molecule has 6 heteroatoms. The molecule has 0 fully saturated rings. The van der Waals surface area contributed by atoms with Crippen molar-refractivity contribution in [1.29, 1.82) is 0 Å². The van der Waals surface area contributed by atoms with Crippen LogP contribution in [0.15, 0.2) is 48.6 Å². The highest BCUT2D eigenvalue weighted by Gasteiger charge is 2.18. The summed E-state index contributed by atoms with van der Waals surface area (Å²) in [6.07, 6.45) is 107. The van der Waals surface area contributed by atoms with E-state index in [0.717, 1.165) is 51.4 Å². The van der Waals surface area contributed by atoms with Crippen LogP contribution in [0.2, 0.25) is 0 Å². The highest BCUT2D eigenvalue weighted by atomic mass is 16.5. The minimum atomic E-state index is -0.845. The van der Waals surface area contributed by atoms with Crippen molar-refractivity contribution in [3.05, 3.63) is 48.6 Å². The number of carbonyl (C=O) groups is 2. The van der Waals surface area contributed by atoms with Gasteiger partial charge in [-0.25, -0.2) is 0 Å². The summed E-state index contributed by atoms with van der Waals surface area (Å²) in [7, 11) is 0. The fourth-order valence-corrected chi connectivity index (χ4v) is 13.0. The molecule has 0 spiro atoms. The van der Waals surface area contributed by atoms with Crippen molar-refractivity contribution in [2.45, 2.75) is 469 Å². The third-order valence-corrected chi connectivity index (χ3v) is 19.3. The van der Waals surface area contributed by atoms with E-state index in [9.17, 15) is 19.8 Å². The molecule has 0 saturated heterocycles. The van der Waals surface area contributed by atoms with Gasteiger partial charge in [0.2, 0.25) is 5.91 Å². The van der Waals surface area contributed by atoms with Gasteiger partial charge in [-0.3, -0.25) is 9.59 Å². The van der Waals surface area contributed by atoms with E-state index in [1.165, 1.54) is 379 Å². The van der Waals surface area contributed by atoms with Crippen LogP contribution in [0.1, 0.15) is 457 Å². The molecule has 1 amide bonds. The minimum Gasteiger partial charge on any atom is -0.466 e. The molecule has 0 aliphatic heterocycles. The van der Waals surface area contributed by atoms with E-state index >= 15 is 0 Å². The Hall–Kier alpha value is -2.18. The van der Waals surface area contributed by atoms with Gasteiger partial charge in [0.1, 0.15) is 0 Å². The molecule has 0 bridgehead atoms. The Balaban J connectivity index is 3.39. The zero-order chi connectivity index (χ0) is 65.6. The summed E-state index contributed by atoms with van der Waals surface area (Å²) in [6.45, 7) is 4.95. The minimum absolute atomic E-state index is 0.0143. The van der Waals surface area contributed by atoms with E-state index in [0.29, 0.717) is 19.4 Å². The van der Waals surface area contributed by atoms with Crippen LogP contribution in [0.25, 0.3) is 0 Å². The number of aliphatic hydroxyl groups excluding tert-OH is 2. The topological polar surface area (TPSA) is 95.9 Å². The Labute approximate surface area is 569 Å². The molecule has 0 aromatic rings. The molecule has 536 valence electrons. The van der Waals surface area contributed by atoms with Gasteiger partial charge in [-0.15, -0.1) is 0 Å². The molecule has 0 aliphatic carbocycles. The third kappa shape index (κ3) is 76.7. The van der Waals surface area contributed by atoms with Crippen molar-refractivity contribution in [3.8, 4) is 0 Å². The monoisotopic (exact) mass is 1280 g/mol. The summed E-state index contributed by atoms with van der Waals surface area (Å²) in [4.78, 5) is 24.7. The number of ether oxygens (including phenoxy) is 1. The lowest BCUT2D eigenvalue weighted by Crippen LogP contribution is -2.45. The predicted molar refractivity (Wildman–Crippen MR) is 402 cm³/mol. The molecule has 0 heterocycles. The molecule has 0 aliphatic rings. The SMILES string of the molecule is CCCCCCCCC/C=C\CCCCCCCCCC(=O)OCCCCCCCCCCCCC/C=C\C/C=C\CCCCCCCCCCCCCCCCCCCC(=O)NC(CO)C(O)/C=C/CCCCCCCCCCCCCCCCCCCCC. The van der Waals surface area contributed by atoms with Gasteiger partial charge in [0, 0.05) is 12.8 Å². The molecule has 0 rings (SSSR count). The number of aliphatic hydroxyl groups is 2. The summed E-state index contributed by atoms with van der Waals surface area (Å²) in [6, 6.07) is -0.628. The van der Waals surface area contributed by atoms with Gasteiger partial charge in [0.15, 0.2) is 0 Å². The lowest BCUT2D eigenvalue weighted by atomic mass is 10.0. The molecule has 0 aromatic heterocycles. The van der Waals surface area contributed by atoms with Crippen LogP contribution in [-0.2, 0) is 14.3 Å². The highest BCUT2D eigenvalue weighted by Crippen LogP contribution is 2.20. The third-order valence-electron chi connectivity index (χ3n) is 19.3. The fourth-order valence-electron chi connectivity index (χ4n) is 13.0. The maximum absolute atomic E-state index is 12.5. The number of unbranched alkanes of at least 4 members (excludes halogenated alkanes) is 61. The zero-order valence-corrected chi connectivity index (χ0v) is 61.6. The van der Waals surface area contributed by atoms with E-state index < -0.39 is 12.1 Å². The van der Waals surface area contributed by atoms with Gasteiger partial charge in [0.25, 0.3) is 0 Å². The van der Waals surface area contributed by atoms with Crippen molar-refractivity contribution in [2.24, 2.45) is 0 Å². The van der Waals surface area contributed by atoms with Crippen LogP contribution >= 0.6 is 0 Å². The Bertz CT molecular complexity index is 1520. The second-order valence-electron chi connectivity index (χ2n) is 28.4. The number of amides is 1. The molecule has 2 unspecified atom stereocenters. The molecule has 2 atom stereocenters. The second kappa shape index (κ2) is 80.3. The molecule has 0 aromatic carbocycles. The molecule has 0 radical (unpaired) electrons. The van der Waals surface area contributed by atoms with Crippen molar-refractivity contribution >= 4 is 11.9 Å². The van der Waals surface area contributed by atoms with E-state index in [4.69, 9.17) is 4.74 Å². The quantitative estimate of drug-likeness (QED) is 0.0320. The van der Waals surface area contributed by atoms with E-state index in [2.05, 4.69) is 55.6 Å². The van der Waals surface area contributed by atoms with Gasteiger partial charge in [-0.2, -0.15) is 0 Å². The molecular formula is C85H161NO5. The van der Waals surface area contributed by atoms with Gasteiger partial charge >= 0.3 is 5.97 Å². The largest absolute Gasteiger partial charge is 0.466 e. The van der Waals surface area contributed by atoms with Crippen LogP contribution in [0, 0.1) is 0 Å².